The molecule has 3 amide bonds. The molecule has 5 heteroatoms. The Balaban J connectivity index is 2.21. The van der Waals surface area contributed by atoms with Crippen LogP contribution in [-0.4, -0.2) is 41.5 Å². The van der Waals surface area contributed by atoms with Crippen molar-refractivity contribution in [2.24, 2.45) is 5.92 Å². The van der Waals surface area contributed by atoms with Crippen LogP contribution >= 0.6 is 0 Å². The zero-order valence-electron chi connectivity index (χ0n) is 10.7. The third-order valence-electron chi connectivity index (χ3n) is 3.88. The highest BCUT2D eigenvalue weighted by Gasteiger charge is 2.52. The molecule has 0 spiro atoms. The number of rotatable bonds is 2. The lowest BCUT2D eigenvalue weighted by Gasteiger charge is -2.35. The maximum atomic E-state index is 12.4. The summed E-state index contributed by atoms with van der Waals surface area (Å²) in [7, 11) is 0. The Morgan fingerprint density at radius 1 is 1.41 bits per heavy atom. The van der Waals surface area contributed by atoms with Crippen molar-refractivity contribution in [3.8, 4) is 0 Å². The fourth-order valence-electron chi connectivity index (χ4n) is 2.77. The second kappa shape index (κ2) is 4.29. The Bertz CT molecular complexity index is 337. The highest BCUT2D eigenvalue weighted by Crippen LogP contribution is 2.31. The van der Waals surface area contributed by atoms with Crippen molar-refractivity contribution in [1.82, 2.24) is 15.5 Å². The van der Waals surface area contributed by atoms with Gasteiger partial charge in [0.15, 0.2) is 0 Å². The Hall–Kier alpha value is -1.10. The lowest BCUT2D eigenvalue weighted by Crippen LogP contribution is -2.55. The average molecular weight is 239 g/mol. The van der Waals surface area contributed by atoms with Crippen molar-refractivity contribution in [1.29, 1.82) is 0 Å². The number of carbonyl (C=O) groups excluding carboxylic acids is 2. The first-order valence-corrected chi connectivity index (χ1v) is 6.33. The standard InChI is InChI=1S/C12H21N3O2/c1-8(2)15-10(16)12(3,14-11(15)17)9-5-4-6-13-7-9/h8-9,13H,4-7H2,1-3H3,(H,14,17)/t9-,12+/m0/s1. The van der Waals surface area contributed by atoms with Crippen LogP contribution in [0, 0.1) is 5.92 Å². The quantitative estimate of drug-likeness (QED) is 0.697. The highest BCUT2D eigenvalue weighted by molar-refractivity contribution is 6.07. The number of nitrogens with zero attached hydrogens (tertiary/aromatic N) is 1. The molecule has 0 radical (unpaired) electrons. The summed E-state index contributed by atoms with van der Waals surface area (Å²) >= 11 is 0. The number of urea groups is 1. The van der Waals surface area contributed by atoms with Crippen molar-refractivity contribution in [2.45, 2.75) is 45.2 Å². The molecule has 96 valence electrons. The third kappa shape index (κ3) is 1.92. The second-order valence-electron chi connectivity index (χ2n) is 5.44. The molecule has 2 atom stereocenters. The minimum atomic E-state index is -0.727. The van der Waals surface area contributed by atoms with Crippen LogP contribution in [0.2, 0.25) is 0 Å². The summed E-state index contributed by atoms with van der Waals surface area (Å²) in [5, 5.41) is 6.17. The van der Waals surface area contributed by atoms with E-state index in [1.165, 1.54) is 4.90 Å². The molecule has 0 aliphatic carbocycles. The van der Waals surface area contributed by atoms with E-state index in [1.54, 1.807) is 0 Å². The van der Waals surface area contributed by atoms with Crippen LogP contribution in [0.4, 0.5) is 4.79 Å². The summed E-state index contributed by atoms with van der Waals surface area (Å²) in [4.78, 5) is 25.6. The molecule has 0 aromatic rings. The molecule has 0 aromatic heterocycles. The number of hydrogen-bond acceptors (Lipinski definition) is 3. The van der Waals surface area contributed by atoms with Crippen LogP contribution in [0.5, 0.6) is 0 Å². The summed E-state index contributed by atoms with van der Waals surface area (Å²) in [6, 6.07) is -0.334. The Labute approximate surface area is 102 Å². The third-order valence-corrected chi connectivity index (χ3v) is 3.88. The van der Waals surface area contributed by atoms with Crippen molar-refractivity contribution < 1.29 is 9.59 Å². The smallest absolute Gasteiger partial charge is 0.323 e. The van der Waals surface area contributed by atoms with Gasteiger partial charge in [-0.1, -0.05) is 0 Å². The van der Waals surface area contributed by atoms with E-state index in [-0.39, 0.29) is 23.9 Å². The summed E-state index contributed by atoms with van der Waals surface area (Å²) in [5.74, 6) is 0.114. The highest BCUT2D eigenvalue weighted by atomic mass is 16.2. The topological polar surface area (TPSA) is 61.4 Å². The molecular weight excluding hydrogens is 218 g/mol. The monoisotopic (exact) mass is 239 g/mol. The van der Waals surface area contributed by atoms with Crippen LogP contribution in [0.25, 0.3) is 0 Å². The first kappa shape index (κ1) is 12.4. The number of amides is 3. The molecule has 0 aromatic carbocycles. The first-order chi connectivity index (χ1) is 7.97. The van der Waals surface area contributed by atoms with Gasteiger partial charge in [-0.3, -0.25) is 9.69 Å². The van der Waals surface area contributed by atoms with E-state index >= 15 is 0 Å². The Morgan fingerprint density at radius 3 is 2.59 bits per heavy atom. The minimum absolute atomic E-state index is 0.0776. The first-order valence-electron chi connectivity index (χ1n) is 6.33. The van der Waals surface area contributed by atoms with E-state index < -0.39 is 5.54 Å². The van der Waals surface area contributed by atoms with Gasteiger partial charge < -0.3 is 10.6 Å². The van der Waals surface area contributed by atoms with Gasteiger partial charge in [0.2, 0.25) is 0 Å². The summed E-state index contributed by atoms with van der Waals surface area (Å²) in [5.41, 5.74) is -0.727. The van der Waals surface area contributed by atoms with Crippen molar-refractivity contribution in [3.63, 3.8) is 0 Å². The van der Waals surface area contributed by atoms with Gasteiger partial charge in [0.1, 0.15) is 5.54 Å². The number of imide groups is 1. The number of nitrogens with one attached hydrogen (secondary N) is 2. The van der Waals surface area contributed by atoms with Crippen LogP contribution in [0.1, 0.15) is 33.6 Å². The number of hydrogen-bond donors (Lipinski definition) is 2. The number of carbonyl (C=O) groups is 2. The van der Waals surface area contributed by atoms with E-state index in [1.807, 2.05) is 20.8 Å². The summed E-state index contributed by atoms with van der Waals surface area (Å²) < 4.78 is 0. The van der Waals surface area contributed by atoms with Gasteiger partial charge in [0, 0.05) is 18.5 Å². The maximum Gasteiger partial charge on any atom is 0.325 e. The SMILES string of the molecule is CC(C)N1C(=O)N[C@](C)([C@H]2CCCNC2)C1=O. The summed E-state index contributed by atoms with van der Waals surface area (Å²) in [6.45, 7) is 7.38. The van der Waals surface area contributed by atoms with Crippen LogP contribution in [0.15, 0.2) is 0 Å². The zero-order chi connectivity index (χ0) is 12.6. The Morgan fingerprint density at radius 2 is 2.12 bits per heavy atom. The fourth-order valence-corrected chi connectivity index (χ4v) is 2.77. The molecular formula is C12H21N3O2. The molecule has 2 fully saturated rings. The largest absolute Gasteiger partial charge is 0.325 e. The van der Waals surface area contributed by atoms with Crippen molar-refractivity contribution >= 4 is 11.9 Å². The molecule has 5 nitrogen and oxygen atoms in total. The predicted molar refractivity (Wildman–Crippen MR) is 64.5 cm³/mol. The normalized spacial score (nSPS) is 34.4. The molecule has 2 heterocycles. The average Bonchev–Trinajstić information content (AvgIpc) is 2.52. The van der Waals surface area contributed by atoms with E-state index in [4.69, 9.17) is 0 Å². The lowest BCUT2D eigenvalue weighted by molar-refractivity contribution is -0.133. The summed E-state index contributed by atoms with van der Waals surface area (Å²) in [6.07, 6.45) is 2.05. The molecule has 0 unspecified atom stereocenters. The van der Waals surface area contributed by atoms with Gasteiger partial charge in [-0.15, -0.1) is 0 Å². The van der Waals surface area contributed by atoms with Gasteiger partial charge in [-0.2, -0.15) is 0 Å². The predicted octanol–water partition coefficient (Wildman–Crippen LogP) is 0.705. The van der Waals surface area contributed by atoms with Gasteiger partial charge in [0.25, 0.3) is 5.91 Å². The van der Waals surface area contributed by atoms with Gasteiger partial charge >= 0.3 is 6.03 Å². The molecule has 2 N–H and O–H groups in total. The van der Waals surface area contributed by atoms with E-state index in [9.17, 15) is 9.59 Å². The molecule has 2 aliphatic heterocycles. The molecule has 0 bridgehead atoms. The number of piperidine rings is 1. The van der Waals surface area contributed by atoms with Crippen LogP contribution < -0.4 is 10.6 Å². The maximum absolute atomic E-state index is 12.4. The van der Waals surface area contributed by atoms with Gasteiger partial charge in [-0.05, 0) is 40.2 Å². The van der Waals surface area contributed by atoms with Crippen LogP contribution in [0.3, 0.4) is 0 Å². The van der Waals surface area contributed by atoms with Gasteiger partial charge in [0.05, 0.1) is 0 Å². The molecule has 2 aliphatic rings. The Kier molecular flexibility index (Phi) is 3.12. The van der Waals surface area contributed by atoms with Gasteiger partial charge in [-0.25, -0.2) is 4.79 Å². The van der Waals surface area contributed by atoms with E-state index in [2.05, 4.69) is 10.6 Å². The van der Waals surface area contributed by atoms with E-state index in [0.717, 1.165) is 25.9 Å². The van der Waals surface area contributed by atoms with Crippen molar-refractivity contribution in [3.05, 3.63) is 0 Å². The van der Waals surface area contributed by atoms with Crippen molar-refractivity contribution in [2.75, 3.05) is 13.1 Å². The lowest BCUT2D eigenvalue weighted by atomic mass is 9.80. The van der Waals surface area contributed by atoms with Crippen LogP contribution in [-0.2, 0) is 4.79 Å². The zero-order valence-corrected chi connectivity index (χ0v) is 10.7. The minimum Gasteiger partial charge on any atom is -0.323 e. The molecule has 17 heavy (non-hydrogen) atoms. The molecule has 2 rings (SSSR count). The second-order valence-corrected chi connectivity index (χ2v) is 5.44. The fraction of sp³-hybridized carbons (Fsp3) is 0.833. The molecule has 0 saturated carbocycles. The molecule has 2 saturated heterocycles. The van der Waals surface area contributed by atoms with E-state index in [0.29, 0.717) is 0 Å².